The Morgan fingerprint density at radius 2 is 1.93 bits per heavy atom. The predicted octanol–water partition coefficient (Wildman–Crippen LogP) is 4.75. The van der Waals surface area contributed by atoms with E-state index < -0.39 is 6.10 Å². The number of aliphatic hydroxyl groups excluding tert-OH is 1. The maximum Gasteiger partial charge on any atom is 0.308 e. The third-order valence-electron chi connectivity index (χ3n) is 7.09. The Balaban J connectivity index is 1.59. The van der Waals surface area contributed by atoms with Gasteiger partial charge in [-0.3, -0.25) is 4.79 Å². The van der Waals surface area contributed by atoms with E-state index in [-0.39, 0.29) is 23.9 Å². The maximum absolute atomic E-state index is 12.3. The van der Waals surface area contributed by atoms with Crippen molar-refractivity contribution in [3.63, 3.8) is 0 Å². The van der Waals surface area contributed by atoms with Gasteiger partial charge in [-0.05, 0) is 53.9 Å². The summed E-state index contributed by atoms with van der Waals surface area (Å²) in [5.74, 6) is 1.23. The molecule has 3 heteroatoms. The fraction of sp³-hybridized carbons (Fsp3) is 0.542. The van der Waals surface area contributed by atoms with Gasteiger partial charge < -0.3 is 9.84 Å². The third kappa shape index (κ3) is 3.38. The lowest BCUT2D eigenvalue weighted by atomic mass is 9.45. The van der Waals surface area contributed by atoms with E-state index in [1.54, 1.807) is 6.92 Å². The molecule has 1 N–H and O–H groups in total. The first-order chi connectivity index (χ1) is 12.9. The van der Waals surface area contributed by atoms with Crippen LogP contribution in [0.3, 0.4) is 0 Å². The van der Waals surface area contributed by atoms with Gasteiger partial charge in [-0.2, -0.15) is 0 Å². The largest absolute Gasteiger partial charge is 0.462 e. The Hall–Kier alpha value is -1.87. The van der Waals surface area contributed by atoms with Crippen LogP contribution in [-0.2, 0) is 16.0 Å². The zero-order valence-corrected chi connectivity index (χ0v) is 16.5. The number of rotatable bonds is 5. The lowest BCUT2D eigenvalue weighted by Gasteiger charge is -2.61. The quantitative estimate of drug-likeness (QED) is 0.777. The van der Waals surface area contributed by atoms with Crippen LogP contribution in [-0.4, -0.2) is 23.3 Å². The molecule has 2 aromatic carbocycles. The van der Waals surface area contributed by atoms with E-state index in [2.05, 4.69) is 56.3 Å². The molecule has 5 atom stereocenters. The lowest BCUT2D eigenvalue weighted by Crippen LogP contribution is -2.59. The molecule has 1 unspecified atom stereocenters. The van der Waals surface area contributed by atoms with Crippen molar-refractivity contribution in [2.45, 2.75) is 58.7 Å². The Morgan fingerprint density at radius 3 is 2.67 bits per heavy atom. The average Bonchev–Trinajstić information content (AvgIpc) is 2.62. The number of carbonyl (C=O) groups excluding carboxylic acids is 1. The molecule has 27 heavy (non-hydrogen) atoms. The molecule has 5 rings (SSSR count). The standard InChI is InChI=1S/C24H30O3/c1-15(25)11-22(26)27-23-18(13-19-14-21(23)24(19,2)3)12-17-9-6-8-16-7-4-5-10-20(16)17/h4-10,15,18-19,21,23,25H,11-14H2,1-3H3/t15?,18-,19+,21+,23-/m1/s1. The van der Waals surface area contributed by atoms with Crippen LogP contribution in [0.15, 0.2) is 42.5 Å². The molecular formula is C24H30O3. The van der Waals surface area contributed by atoms with Crippen molar-refractivity contribution in [3.8, 4) is 0 Å². The van der Waals surface area contributed by atoms with Gasteiger partial charge in [0.1, 0.15) is 6.10 Å². The molecule has 144 valence electrons. The SMILES string of the molecule is CC(O)CC(=O)O[C@@H]1[C@H](Cc2cccc3ccccc23)C[C@H]2C[C@@H]1C2(C)C. The summed E-state index contributed by atoms with van der Waals surface area (Å²) in [6.07, 6.45) is 2.59. The summed E-state index contributed by atoms with van der Waals surface area (Å²) < 4.78 is 5.99. The summed E-state index contributed by atoms with van der Waals surface area (Å²) in [6.45, 7) is 6.27. The molecule has 0 amide bonds. The van der Waals surface area contributed by atoms with E-state index in [1.165, 1.54) is 16.3 Å². The van der Waals surface area contributed by atoms with Gasteiger partial charge in [-0.25, -0.2) is 0 Å². The average molecular weight is 367 g/mol. The molecule has 3 saturated carbocycles. The molecule has 2 aromatic rings. The van der Waals surface area contributed by atoms with Gasteiger partial charge in [0.25, 0.3) is 0 Å². The van der Waals surface area contributed by atoms with Crippen LogP contribution >= 0.6 is 0 Å². The van der Waals surface area contributed by atoms with Crippen molar-refractivity contribution < 1.29 is 14.6 Å². The Kier molecular flexibility index (Phi) is 4.75. The Bertz CT molecular complexity index is 833. The number of carbonyl (C=O) groups is 1. The van der Waals surface area contributed by atoms with E-state index in [0.717, 1.165) is 19.3 Å². The molecule has 0 spiro atoms. The summed E-state index contributed by atoms with van der Waals surface area (Å²) in [4.78, 5) is 12.3. The van der Waals surface area contributed by atoms with Crippen LogP contribution in [0.2, 0.25) is 0 Å². The summed E-state index contributed by atoms with van der Waals surface area (Å²) >= 11 is 0. The molecule has 0 saturated heterocycles. The minimum Gasteiger partial charge on any atom is -0.462 e. The molecular weight excluding hydrogens is 336 g/mol. The van der Waals surface area contributed by atoms with Crippen molar-refractivity contribution in [1.82, 2.24) is 0 Å². The smallest absolute Gasteiger partial charge is 0.308 e. The third-order valence-corrected chi connectivity index (χ3v) is 7.09. The molecule has 3 aliphatic carbocycles. The highest BCUT2D eigenvalue weighted by Gasteiger charge is 2.59. The number of fused-ring (bicyclic) bond motifs is 3. The number of aliphatic hydroxyl groups is 1. The first kappa shape index (κ1) is 18.5. The van der Waals surface area contributed by atoms with Gasteiger partial charge in [0, 0.05) is 11.8 Å². The van der Waals surface area contributed by atoms with Crippen LogP contribution in [0.25, 0.3) is 10.8 Å². The Labute approximate surface area is 161 Å². The van der Waals surface area contributed by atoms with E-state index in [4.69, 9.17) is 4.74 Å². The molecule has 3 nitrogen and oxygen atoms in total. The minimum absolute atomic E-state index is 0.0461. The van der Waals surface area contributed by atoms with Crippen LogP contribution in [0.4, 0.5) is 0 Å². The van der Waals surface area contributed by atoms with Gasteiger partial charge in [0.2, 0.25) is 0 Å². The highest BCUT2D eigenvalue weighted by Crippen LogP contribution is 2.62. The summed E-state index contributed by atoms with van der Waals surface area (Å²) in [6, 6.07) is 15.0. The van der Waals surface area contributed by atoms with Crippen molar-refractivity contribution in [2.75, 3.05) is 0 Å². The van der Waals surface area contributed by atoms with E-state index in [0.29, 0.717) is 17.8 Å². The molecule has 0 heterocycles. The van der Waals surface area contributed by atoms with Gasteiger partial charge >= 0.3 is 5.97 Å². The molecule has 3 fully saturated rings. The zero-order valence-electron chi connectivity index (χ0n) is 16.5. The summed E-state index contributed by atoms with van der Waals surface area (Å²) in [7, 11) is 0. The highest BCUT2D eigenvalue weighted by molar-refractivity contribution is 5.85. The summed E-state index contributed by atoms with van der Waals surface area (Å²) in [5, 5.41) is 12.1. The predicted molar refractivity (Wildman–Crippen MR) is 107 cm³/mol. The van der Waals surface area contributed by atoms with Crippen LogP contribution < -0.4 is 0 Å². The zero-order chi connectivity index (χ0) is 19.2. The van der Waals surface area contributed by atoms with Crippen molar-refractivity contribution >= 4 is 16.7 Å². The number of esters is 1. The molecule has 0 aromatic heterocycles. The van der Waals surface area contributed by atoms with E-state index >= 15 is 0 Å². The second-order valence-electron chi connectivity index (χ2n) is 9.21. The molecule has 2 bridgehead atoms. The fourth-order valence-electron chi connectivity index (χ4n) is 5.41. The van der Waals surface area contributed by atoms with E-state index in [1.807, 2.05) is 0 Å². The second kappa shape index (κ2) is 6.94. The molecule has 0 aliphatic heterocycles. The highest BCUT2D eigenvalue weighted by atomic mass is 16.5. The summed E-state index contributed by atoms with van der Waals surface area (Å²) in [5.41, 5.74) is 1.58. The van der Waals surface area contributed by atoms with Gasteiger partial charge in [0.15, 0.2) is 0 Å². The lowest BCUT2D eigenvalue weighted by molar-refractivity contribution is -0.199. The van der Waals surface area contributed by atoms with Crippen molar-refractivity contribution in [1.29, 1.82) is 0 Å². The number of benzene rings is 2. The molecule has 0 radical (unpaired) electrons. The first-order valence-electron chi connectivity index (χ1n) is 10.2. The normalized spacial score (nSPS) is 29.8. The van der Waals surface area contributed by atoms with Crippen LogP contribution in [0.5, 0.6) is 0 Å². The van der Waals surface area contributed by atoms with Gasteiger partial charge in [-0.1, -0.05) is 56.3 Å². The van der Waals surface area contributed by atoms with Crippen LogP contribution in [0, 0.1) is 23.2 Å². The fourth-order valence-corrected chi connectivity index (χ4v) is 5.41. The monoisotopic (exact) mass is 366 g/mol. The number of hydrogen-bond donors (Lipinski definition) is 1. The van der Waals surface area contributed by atoms with Gasteiger partial charge in [0.05, 0.1) is 12.5 Å². The topological polar surface area (TPSA) is 46.5 Å². The number of ether oxygens (including phenoxy) is 1. The van der Waals surface area contributed by atoms with Crippen LogP contribution in [0.1, 0.15) is 45.6 Å². The Morgan fingerprint density at radius 1 is 1.19 bits per heavy atom. The van der Waals surface area contributed by atoms with E-state index in [9.17, 15) is 9.90 Å². The van der Waals surface area contributed by atoms with Gasteiger partial charge in [-0.15, -0.1) is 0 Å². The first-order valence-corrected chi connectivity index (χ1v) is 10.2. The van der Waals surface area contributed by atoms with Crippen molar-refractivity contribution in [2.24, 2.45) is 23.2 Å². The minimum atomic E-state index is -0.653. The number of hydrogen-bond acceptors (Lipinski definition) is 3. The van der Waals surface area contributed by atoms with Crippen molar-refractivity contribution in [3.05, 3.63) is 48.0 Å². The maximum atomic E-state index is 12.3. The molecule has 3 aliphatic rings. The second-order valence-corrected chi connectivity index (χ2v) is 9.21.